The van der Waals surface area contributed by atoms with E-state index in [2.05, 4.69) is 29.6 Å². The SMILES string of the molecule is CCNC(=O)C(CN)Cc1cccc2ccccc12. The second-order valence-electron chi connectivity index (χ2n) is 4.67. The summed E-state index contributed by atoms with van der Waals surface area (Å²) >= 11 is 0. The smallest absolute Gasteiger partial charge is 0.224 e. The minimum atomic E-state index is -0.161. The maximum atomic E-state index is 11.9. The number of hydrogen-bond acceptors (Lipinski definition) is 2. The van der Waals surface area contributed by atoms with Crippen LogP contribution in [-0.4, -0.2) is 19.0 Å². The molecular formula is C16H20N2O. The zero-order valence-corrected chi connectivity index (χ0v) is 11.2. The van der Waals surface area contributed by atoms with Gasteiger partial charge >= 0.3 is 0 Å². The van der Waals surface area contributed by atoms with Crippen LogP contribution in [0.4, 0.5) is 0 Å². The van der Waals surface area contributed by atoms with Crippen molar-refractivity contribution in [3.05, 3.63) is 48.0 Å². The third-order valence-electron chi connectivity index (χ3n) is 3.35. The van der Waals surface area contributed by atoms with Crippen LogP contribution in [0.3, 0.4) is 0 Å². The Balaban J connectivity index is 2.27. The largest absolute Gasteiger partial charge is 0.356 e. The number of hydrogen-bond donors (Lipinski definition) is 2. The van der Waals surface area contributed by atoms with Crippen LogP contribution in [-0.2, 0) is 11.2 Å². The Bertz CT molecular complexity index is 560. The fourth-order valence-corrected chi connectivity index (χ4v) is 2.34. The van der Waals surface area contributed by atoms with Gasteiger partial charge in [0.1, 0.15) is 0 Å². The molecule has 3 N–H and O–H groups in total. The van der Waals surface area contributed by atoms with Crippen LogP contribution in [0.5, 0.6) is 0 Å². The van der Waals surface area contributed by atoms with Gasteiger partial charge in [-0.05, 0) is 29.7 Å². The zero-order chi connectivity index (χ0) is 13.7. The molecule has 19 heavy (non-hydrogen) atoms. The van der Waals surface area contributed by atoms with Crippen molar-refractivity contribution in [3.8, 4) is 0 Å². The highest BCUT2D eigenvalue weighted by Gasteiger charge is 2.17. The first-order valence-corrected chi connectivity index (χ1v) is 6.70. The summed E-state index contributed by atoms with van der Waals surface area (Å²) in [5, 5.41) is 5.25. The standard InChI is InChI=1S/C16H20N2O/c1-2-18-16(19)14(11-17)10-13-8-5-7-12-6-3-4-9-15(12)13/h3-9,14H,2,10-11,17H2,1H3,(H,18,19). The molecule has 2 rings (SSSR count). The molecule has 0 aliphatic heterocycles. The summed E-state index contributed by atoms with van der Waals surface area (Å²) in [5.41, 5.74) is 6.92. The van der Waals surface area contributed by atoms with Crippen LogP contribution in [0.1, 0.15) is 12.5 Å². The molecule has 0 aromatic heterocycles. The molecular weight excluding hydrogens is 236 g/mol. The lowest BCUT2D eigenvalue weighted by atomic mass is 9.94. The van der Waals surface area contributed by atoms with Crippen LogP contribution in [0.15, 0.2) is 42.5 Å². The van der Waals surface area contributed by atoms with Crippen LogP contribution in [0.2, 0.25) is 0 Å². The van der Waals surface area contributed by atoms with E-state index in [-0.39, 0.29) is 11.8 Å². The van der Waals surface area contributed by atoms with E-state index in [1.165, 1.54) is 16.3 Å². The number of nitrogens with two attached hydrogens (primary N) is 1. The number of nitrogens with one attached hydrogen (secondary N) is 1. The molecule has 0 spiro atoms. The van der Waals surface area contributed by atoms with Gasteiger partial charge in [-0.3, -0.25) is 4.79 Å². The third-order valence-corrected chi connectivity index (χ3v) is 3.35. The average molecular weight is 256 g/mol. The van der Waals surface area contributed by atoms with Gasteiger partial charge in [-0.15, -0.1) is 0 Å². The number of amides is 1. The lowest BCUT2D eigenvalue weighted by Gasteiger charge is -2.15. The van der Waals surface area contributed by atoms with Crippen molar-refractivity contribution in [2.75, 3.05) is 13.1 Å². The summed E-state index contributed by atoms with van der Waals surface area (Å²) in [4.78, 5) is 11.9. The van der Waals surface area contributed by atoms with Crippen molar-refractivity contribution >= 4 is 16.7 Å². The molecule has 0 fully saturated rings. The average Bonchev–Trinajstić information content (AvgIpc) is 2.45. The van der Waals surface area contributed by atoms with Crippen LogP contribution < -0.4 is 11.1 Å². The summed E-state index contributed by atoms with van der Waals surface area (Å²) in [7, 11) is 0. The van der Waals surface area contributed by atoms with Gasteiger partial charge in [-0.1, -0.05) is 42.5 Å². The molecule has 1 atom stereocenters. The Morgan fingerprint density at radius 2 is 1.95 bits per heavy atom. The Kier molecular flexibility index (Phi) is 4.53. The van der Waals surface area contributed by atoms with Gasteiger partial charge in [0.05, 0.1) is 5.92 Å². The van der Waals surface area contributed by atoms with Crippen molar-refractivity contribution in [2.45, 2.75) is 13.3 Å². The van der Waals surface area contributed by atoms with Gasteiger partial charge in [-0.25, -0.2) is 0 Å². The monoisotopic (exact) mass is 256 g/mol. The van der Waals surface area contributed by atoms with Gasteiger partial charge in [-0.2, -0.15) is 0 Å². The maximum absolute atomic E-state index is 11.9. The van der Waals surface area contributed by atoms with Crippen LogP contribution >= 0.6 is 0 Å². The first-order chi connectivity index (χ1) is 9.26. The summed E-state index contributed by atoms with van der Waals surface area (Å²) in [5.74, 6) is -0.122. The molecule has 0 heterocycles. The lowest BCUT2D eigenvalue weighted by molar-refractivity contribution is -0.124. The zero-order valence-electron chi connectivity index (χ0n) is 11.2. The van der Waals surface area contributed by atoms with Crippen LogP contribution in [0.25, 0.3) is 10.8 Å². The number of fused-ring (bicyclic) bond motifs is 1. The molecule has 1 unspecified atom stereocenters. The van der Waals surface area contributed by atoms with Crippen molar-refractivity contribution in [1.29, 1.82) is 0 Å². The highest BCUT2D eigenvalue weighted by Crippen LogP contribution is 2.21. The van der Waals surface area contributed by atoms with Gasteiger partial charge in [0.2, 0.25) is 5.91 Å². The molecule has 100 valence electrons. The van der Waals surface area contributed by atoms with E-state index in [4.69, 9.17) is 5.73 Å². The first kappa shape index (κ1) is 13.6. The Hall–Kier alpha value is -1.87. The van der Waals surface area contributed by atoms with E-state index in [0.29, 0.717) is 19.5 Å². The molecule has 0 aliphatic carbocycles. The molecule has 3 heteroatoms. The number of carbonyl (C=O) groups excluding carboxylic acids is 1. The van der Waals surface area contributed by atoms with E-state index in [1.54, 1.807) is 0 Å². The Morgan fingerprint density at radius 3 is 2.68 bits per heavy atom. The molecule has 2 aromatic carbocycles. The second kappa shape index (κ2) is 6.34. The van der Waals surface area contributed by atoms with E-state index in [9.17, 15) is 4.79 Å². The van der Waals surface area contributed by atoms with E-state index < -0.39 is 0 Å². The number of rotatable bonds is 5. The van der Waals surface area contributed by atoms with Gasteiger partial charge < -0.3 is 11.1 Å². The summed E-state index contributed by atoms with van der Waals surface area (Å²) in [6, 6.07) is 14.4. The van der Waals surface area contributed by atoms with E-state index >= 15 is 0 Å². The minimum Gasteiger partial charge on any atom is -0.356 e. The molecule has 0 radical (unpaired) electrons. The molecule has 0 bridgehead atoms. The van der Waals surface area contributed by atoms with Crippen molar-refractivity contribution < 1.29 is 4.79 Å². The van der Waals surface area contributed by atoms with Crippen LogP contribution in [0, 0.1) is 5.92 Å². The maximum Gasteiger partial charge on any atom is 0.224 e. The van der Waals surface area contributed by atoms with Gasteiger partial charge in [0, 0.05) is 13.1 Å². The summed E-state index contributed by atoms with van der Waals surface area (Å²) < 4.78 is 0. The van der Waals surface area contributed by atoms with Gasteiger partial charge in [0.15, 0.2) is 0 Å². The Morgan fingerprint density at radius 1 is 1.21 bits per heavy atom. The summed E-state index contributed by atoms with van der Waals surface area (Å²) in [6.07, 6.45) is 0.684. The fraction of sp³-hybridized carbons (Fsp3) is 0.312. The number of carbonyl (C=O) groups is 1. The normalized spacial score (nSPS) is 12.3. The fourth-order valence-electron chi connectivity index (χ4n) is 2.34. The molecule has 0 saturated heterocycles. The predicted octanol–water partition coefficient (Wildman–Crippen LogP) is 2.09. The van der Waals surface area contributed by atoms with E-state index in [0.717, 1.165) is 0 Å². The quantitative estimate of drug-likeness (QED) is 0.860. The molecule has 3 nitrogen and oxygen atoms in total. The highest BCUT2D eigenvalue weighted by molar-refractivity contribution is 5.86. The molecule has 2 aromatic rings. The predicted molar refractivity (Wildman–Crippen MR) is 78.9 cm³/mol. The molecule has 1 amide bonds. The van der Waals surface area contributed by atoms with Gasteiger partial charge in [0.25, 0.3) is 0 Å². The van der Waals surface area contributed by atoms with Crippen molar-refractivity contribution in [3.63, 3.8) is 0 Å². The second-order valence-corrected chi connectivity index (χ2v) is 4.67. The molecule has 0 saturated carbocycles. The molecule has 0 aliphatic rings. The van der Waals surface area contributed by atoms with Crippen molar-refractivity contribution in [2.24, 2.45) is 11.7 Å². The first-order valence-electron chi connectivity index (χ1n) is 6.70. The highest BCUT2D eigenvalue weighted by atomic mass is 16.1. The van der Waals surface area contributed by atoms with Crippen molar-refractivity contribution in [1.82, 2.24) is 5.32 Å². The third kappa shape index (κ3) is 3.12. The minimum absolute atomic E-state index is 0.0398. The lowest BCUT2D eigenvalue weighted by Crippen LogP contribution is -2.36. The topological polar surface area (TPSA) is 55.1 Å². The van der Waals surface area contributed by atoms with E-state index in [1.807, 2.05) is 25.1 Å². The Labute approximate surface area is 113 Å². The summed E-state index contributed by atoms with van der Waals surface area (Å²) in [6.45, 7) is 2.93. The number of benzene rings is 2.